The zero-order chi connectivity index (χ0) is 14.9. The van der Waals surface area contributed by atoms with Crippen LogP contribution in [-0.2, 0) is 10.0 Å². The van der Waals surface area contributed by atoms with Gasteiger partial charge in [-0.2, -0.15) is 0 Å². The number of para-hydroxylation sites is 1. The van der Waals surface area contributed by atoms with Crippen LogP contribution in [0.1, 0.15) is 5.56 Å². The molecule has 0 saturated carbocycles. The number of nitrogens with two attached hydrogens (primary N) is 1. The summed E-state index contributed by atoms with van der Waals surface area (Å²) in [5.41, 5.74) is 7.33. The van der Waals surface area contributed by atoms with Gasteiger partial charge in [0.15, 0.2) is 0 Å². The number of nitrogens with one attached hydrogen (secondary N) is 1. The van der Waals surface area contributed by atoms with Gasteiger partial charge in [-0.1, -0.05) is 28.1 Å². The lowest BCUT2D eigenvalue weighted by atomic mass is 10.2. The molecule has 0 bridgehead atoms. The van der Waals surface area contributed by atoms with Crippen molar-refractivity contribution in [3.05, 3.63) is 50.0 Å². The van der Waals surface area contributed by atoms with Crippen molar-refractivity contribution in [1.82, 2.24) is 0 Å². The summed E-state index contributed by atoms with van der Waals surface area (Å²) in [6.45, 7) is 1.69. The Kier molecular flexibility index (Phi) is 4.60. The molecule has 106 valence electrons. The average Bonchev–Trinajstić information content (AvgIpc) is 2.36. The van der Waals surface area contributed by atoms with Gasteiger partial charge in [-0.05, 0) is 59.3 Å². The molecule has 7 heteroatoms. The first-order valence-electron chi connectivity index (χ1n) is 5.64. The van der Waals surface area contributed by atoms with E-state index in [0.717, 1.165) is 3.57 Å². The molecule has 0 aliphatic rings. The van der Waals surface area contributed by atoms with Crippen LogP contribution < -0.4 is 10.5 Å². The van der Waals surface area contributed by atoms with Crippen LogP contribution in [0.5, 0.6) is 0 Å². The van der Waals surface area contributed by atoms with Gasteiger partial charge in [0.05, 0.1) is 10.6 Å². The van der Waals surface area contributed by atoms with Gasteiger partial charge >= 0.3 is 0 Å². The summed E-state index contributed by atoms with van der Waals surface area (Å²) < 4.78 is 29.0. The molecule has 0 spiro atoms. The normalized spacial score (nSPS) is 11.3. The molecule has 0 unspecified atom stereocenters. The van der Waals surface area contributed by atoms with Crippen LogP contribution in [0.25, 0.3) is 0 Å². The van der Waals surface area contributed by atoms with Crippen molar-refractivity contribution in [2.24, 2.45) is 0 Å². The van der Waals surface area contributed by atoms with E-state index in [0.29, 0.717) is 21.4 Å². The summed E-state index contributed by atoms with van der Waals surface area (Å²) in [6.07, 6.45) is 0. The number of rotatable bonds is 3. The second-order valence-electron chi connectivity index (χ2n) is 4.20. The summed E-state index contributed by atoms with van der Waals surface area (Å²) in [4.78, 5) is 0.170. The predicted molar refractivity (Wildman–Crippen MR) is 93.3 cm³/mol. The zero-order valence-electron chi connectivity index (χ0n) is 10.5. The van der Waals surface area contributed by atoms with Crippen molar-refractivity contribution in [2.45, 2.75) is 11.8 Å². The quantitative estimate of drug-likeness (QED) is 0.534. The van der Waals surface area contributed by atoms with E-state index in [1.807, 2.05) is 12.1 Å². The molecule has 0 heterocycles. The largest absolute Gasteiger partial charge is 0.398 e. The van der Waals surface area contributed by atoms with Gasteiger partial charge in [0.25, 0.3) is 10.0 Å². The van der Waals surface area contributed by atoms with Gasteiger partial charge in [-0.3, -0.25) is 4.72 Å². The summed E-state index contributed by atoms with van der Waals surface area (Å²) in [6, 6.07) is 10.4. The molecule has 2 aromatic carbocycles. The lowest BCUT2D eigenvalue weighted by Crippen LogP contribution is -2.15. The fourth-order valence-corrected chi connectivity index (χ4v) is 4.41. The summed E-state index contributed by atoms with van der Waals surface area (Å²) in [7, 11) is -3.68. The van der Waals surface area contributed by atoms with Crippen molar-refractivity contribution in [3.8, 4) is 0 Å². The van der Waals surface area contributed by atoms with E-state index in [4.69, 9.17) is 5.73 Å². The number of halogens is 2. The minimum Gasteiger partial charge on any atom is -0.398 e. The number of sulfonamides is 1. The molecular formula is C13H12BrIN2O2S. The second kappa shape index (κ2) is 5.90. The third kappa shape index (κ3) is 3.26. The minimum atomic E-state index is -3.68. The Morgan fingerprint density at radius 3 is 2.55 bits per heavy atom. The Hall–Kier alpha value is -0.800. The maximum atomic E-state index is 12.5. The maximum Gasteiger partial charge on any atom is 0.262 e. The Morgan fingerprint density at radius 2 is 1.90 bits per heavy atom. The summed E-state index contributed by atoms with van der Waals surface area (Å²) >= 11 is 5.35. The van der Waals surface area contributed by atoms with Crippen LogP contribution in [0.15, 0.2) is 45.8 Å². The number of benzene rings is 2. The molecule has 0 atom stereocenters. The Balaban J connectivity index is 2.49. The van der Waals surface area contributed by atoms with Crippen molar-refractivity contribution >= 4 is 59.9 Å². The van der Waals surface area contributed by atoms with E-state index in [9.17, 15) is 8.42 Å². The fourth-order valence-electron chi connectivity index (χ4n) is 1.70. The molecule has 2 aromatic rings. The highest BCUT2D eigenvalue weighted by Gasteiger charge is 2.20. The van der Waals surface area contributed by atoms with Crippen molar-refractivity contribution < 1.29 is 8.42 Å². The van der Waals surface area contributed by atoms with Crippen molar-refractivity contribution in [3.63, 3.8) is 0 Å². The molecule has 20 heavy (non-hydrogen) atoms. The van der Waals surface area contributed by atoms with Crippen LogP contribution in [0.4, 0.5) is 11.4 Å². The van der Waals surface area contributed by atoms with Crippen LogP contribution in [-0.4, -0.2) is 8.42 Å². The maximum absolute atomic E-state index is 12.5. The Morgan fingerprint density at radius 1 is 1.25 bits per heavy atom. The van der Waals surface area contributed by atoms with Gasteiger partial charge in [0, 0.05) is 13.7 Å². The molecule has 0 amide bonds. The SMILES string of the molecule is Cc1c(N)cc(Br)cc1S(=O)(=O)Nc1ccccc1I. The molecule has 4 nitrogen and oxygen atoms in total. The van der Waals surface area contributed by atoms with E-state index in [1.54, 1.807) is 31.2 Å². The molecule has 0 aromatic heterocycles. The van der Waals surface area contributed by atoms with Crippen LogP contribution in [0, 0.1) is 10.5 Å². The zero-order valence-corrected chi connectivity index (χ0v) is 15.1. The molecule has 0 aliphatic heterocycles. The first-order valence-corrected chi connectivity index (χ1v) is 9.00. The van der Waals surface area contributed by atoms with Gasteiger partial charge < -0.3 is 5.73 Å². The third-order valence-corrected chi connectivity index (χ3v) is 5.66. The smallest absolute Gasteiger partial charge is 0.262 e. The fraction of sp³-hybridized carbons (Fsp3) is 0.0769. The van der Waals surface area contributed by atoms with Gasteiger partial charge in [-0.25, -0.2) is 8.42 Å². The third-order valence-electron chi connectivity index (χ3n) is 2.77. The monoisotopic (exact) mass is 466 g/mol. The topological polar surface area (TPSA) is 72.2 Å². The number of anilines is 2. The van der Waals surface area contributed by atoms with Crippen LogP contribution in [0.2, 0.25) is 0 Å². The first kappa shape index (κ1) is 15.6. The molecule has 0 saturated heterocycles. The molecule has 2 rings (SSSR count). The number of hydrogen-bond acceptors (Lipinski definition) is 3. The molecule has 0 aliphatic carbocycles. The number of hydrogen-bond donors (Lipinski definition) is 2. The van der Waals surface area contributed by atoms with Crippen molar-refractivity contribution in [1.29, 1.82) is 0 Å². The van der Waals surface area contributed by atoms with Crippen LogP contribution >= 0.6 is 38.5 Å². The Labute approximate surface area is 140 Å². The summed E-state index contributed by atoms with van der Waals surface area (Å²) in [5, 5.41) is 0. The highest BCUT2D eigenvalue weighted by molar-refractivity contribution is 14.1. The number of nitrogen functional groups attached to an aromatic ring is 1. The van der Waals surface area contributed by atoms with E-state index < -0.39 is 10.0 Å². The molecule has 3 N–H and O–H groups in total. The Bertz CT molecular complexity index is 763. The lowest BCUT2D eigenvalue weighted by Gasteiger charge is -2.13. The van der Waals surface area contributed by atoms with E-state index >= 15 is 0 Å². The average molecular weight is 467 g/mol. The lowest BCUT2D eigenvalue weighted by molar-refractivity contribution is 0.600. The first-order chi connectivity index (χ1) is 9.31. The highest BCUT2D eigenvalue weighted by atomic mass is 127. The standard InChI is InChI=1S/C13H12BrIN2O2S/c1-8-11(16)6-9(14)7-13(8)20(18,19)17-12-5-3-2-4-10(12)15/h2-7,17H,16H2,1H3. The predicted octanol–water partition coefficient (Wildman–Crippen LogP) is 3.75. The van der Waals surface area contributed by atoms with Gasteiger partial charge in [0.1, 0.15) is 0 Å². The molecule has 0 radical (unpaired) electrons. The van der Waals surface area contributed by atoms with Crippen molar-refractivity contribution in [2.75, 3.05) is 10.5 Å². The molecular weight excluding hydrogens is 455 g/mol. The molecule has 0 fully saturated rings. The summed E-state index contributed by atoms with van der Waals surface area (Å²) in [5.74, 6) is 0. The minimum absolute atomic E-state index is 0.170. The highest BCUT2D eigenvalue weighted by Crippen LogP contribution is 2.28. The van der Waals surface area contributed by atoms with E-state index in [1.165, 1.54) is 0 Å². The second-order valence-corrected chi connectivity index (χ2v) is 7.93. The van der Waals surface area contributed by atoms with Gasteiger partial charge in [0.2, 0.25) is 0 Å². The van der Waals surface area contributed by atoms with Crippen LogP contribution in [0.3, 0.4) is 0 Å². The van der Waals surface area contributed by atoms with E-state index in [-0.39, 0.29) is 4.90 Å². The van der Waals surface area contributed by atoms with E-state index in [2.05, 4.69) is 43.2 Å². The van der Waals surface area contributed by atoms with Gasteiger partial charge in [-0.15, -0.1) is 0 Å².